The highest BCUT2D eigenvalue weighted by atomic mass is 32.2. The highest BCUT2D eigenvalue weighted by molar-refractivity contribution is 7.99. The van der Waals surface area contributed by atoms with E-state index in [0.29, 0.717) is 24.5 Å². The topological polar surface area (TPSA) is 106 Å². The van der Waals surface area contributed by atoms with Gasteiger partial charge in [0.15, 0.2) is 5.16 Å². The third-order valence-electron chi connectivity index (χ3n) is 6.74. The van der Waals surface area contributed by atoms with E-state index in [1.165, 1.54) is 11.8 Å². The van der Waals surface area contributed by atoms with Crippen LogP contribution in [0.1, 0.15) is 44.9 Å². The van der Waals surface area contributed by atoms with Crippen LogP contribution in [0.15, 0.2) is 41.7 Å². The molecule has 1 atom stereocenters. The molecule has 0 bridgehead atoms. The van der Waals surface area contributed by atoms with Gasteiger partial charge in [0.05, 0.1) is 30.3 Å². The van der Waals surface area contributed by atoms with Crippen molar-refractivity contribution in [2.45, 2.75) is 68.3 Å². The van der Waals surface area contributed by atoms with Crippen molar-refractivity contribution >= 4 is 29.6 Å². The number of hydrogen-bond acceptors (Lipinski definition) is 6. The van der Waals surface area contributed by atoms with E-state index in [1.807, 2.05) is 36.5 Å². The summed E-state index contributed by atoms with van der Waals surface area (Å²) in [5, 5.41) is 4.35. The first kappa shape index (κ1) is 22.9. The quantitative estimate of drug-likeness (QED) is 0.463. The van der Waals surface area contributed by atoms with Crippen molar-refractivity contribution < 1.29 is 19.1 Å². The number of imidazole rings is 1. The maximum Gasteiger partial charge on any atom is 0.344 e. The number of rotatable bonds is 7. The molecular weight excluding hydrogens is 454 g/mol. The molecule has 3 aliphatic rings. The van der Waals surface area contributed by atoms with Crippen LogP contribution in [0.25, 0.3) is 11.3 Å². The van der Waals surface area contributed by atoms with E-state index >= 15 is 0 Å². The summed E-state index contributed by atoms with van der Waals surface area (Å²) in [6.45, 7) is 1.42. The van der Waals surface area contributed by atoms with Crippen LogP contribution >= 0.6 is 11.8 Å². The zero-order valence-electron chi connectivity index (χ0n) is 19.0. The van der Waals surface area contributed by atoms with E-state index in [1.54, 1.807) is 0 Å². The summed E-state index contributed by atoms with van der Waals surface area (Å²) in [5.74, 6) is -0.753. The number of hydrogen-bond donors (Lipinski definition) is 2. The largest absolute Gasteiger partial charge is 0.376 e. The number of hydrazine groups is 1. The van der Waals surface area contributed by atoms with Gasteiger partial charge in [-0.15, -0.1) is 0 Å². The third-order valence-corrected chi connectivity index (χ3v) is 7.73. The van der Waals surface area contributed by atoms with Gasteiger partial charge in [0.25, 0.3) is 5.91 Å². The fourth-order valence-electron chi connectivity index (χ4n) is 4.98. The monoisotopic (exact) mass is 483 g/mol. The first-order valence-corrected chi connectivity index (χ1v) is 12.9. The predicted octanol–water partition coefficient (Wildman–Crippen LogP) is 3.11. The van der Waals surface area contributed by atoms with Crippen LogP contribution in [0.2, 0.25) is 0 Å². The first-order chi connectivity index (χ1) is 16.6. The van der Waals surface area contributed by atoms with Crippen LogP contribution in [-0.2, 0) is 20.9 Å². The van der Waals surface area contributed by atoms with Gasteiger partial charge < -0.3 is 14.6 Å². The van der Waals surface area contributed by atoms with Gasteiger partial charge in [-0.25, -0.2) is 9.78 Å². The number of thioether (sulfide) groups is 1. The second-order valence-corrected chi connectivity index (χ2v) is 10.0. The lowest BCUT2D eigenvalue weighted by Gasteiger charge is -2.30. The number of carbonyl (C=O) groups excluding carboxylic acids is 3. The van der Waals surface area contributed by atoms with Gasteiger partial charge in [-0.05, 0) is 31.2 Å². The number of amides is 4. The summed E-state index contributed by atoms with van der Waals surface area (Å²) in [6, 6.07) is 9.44. The molecule has 0 radical (unpaired) electrons. The first-order valence-electron chi connectivity index (χ1n) is 11.9. The fraction of sp³-hybridized carbons (Fsp3) is 0.500. The average Bonchev–Trinajstić information content (AvgIpc) is 3.56. The van der Waals surface area contributed by atoms with Gasteiger partial charge in [0, 0.05) is 6.61 Å². The minimum absolute atomic E-state index is 0.0286. The lowest BCUT2D eigenvalue weighted by molar-refractivity contribution is -0.139. The Balaban J connectivity index is 1.26. The van der Waals surface area contributed by atoms with Crippen molar-refractivity contribution in [1.29, 1.82) is 0 Å². The minimum Gasteiger partial charge on any atom is -0.376 e. The molecule has 1 aromatic carbocycles. The van der Waals surface area contributed by atoms with E-state index in [0.717, 1.165) is 55.0 Å². The number of nitrogens with one attached hydrogen (secondary N) is 2. The number of carbonyl (C=O) groups is 3. The third kappa shape index (κ3) is 4.56. The number of urea groups is 1. The van der Waals surface area contributed by atoms with Crippen LogP contribution in [0, 0.1) is 0 Å². The summed E-state index contributed by atoms with van der Waals surface area (Å²) in [7, 11) is 0. The van der Waals surface area contributed by atoms with Gasteiger partial charge in [-0.1, -0.05) is 61.4 Å². The maximum absolute atomic E-state index is 12.9. The summed E-state index contributed by atoms with van der Waals surface area (Å²) >= 11 is 1.28. The number of imide groups is 1. The average molecular weight is 484 g/mol. The van der Waals surface area contributed by atoms with Gasteiger partial charge in [0.2, 0.25) is 5.91 Å². The summed E-state index contributed by atoms with van der Waals surface area (Å²) < 4.78 is 7.93. The molecular formula is C24H29N5O4S. The number of ether oxygens (including phenoxy) is 1. The van der Waals surface area contributed by atoms with E-state index in [9.17, 15) is 14.4 Å². The van der Waals surface area contributed by atoms with Crippen LogP contribution in [-0.4, -0.2) is 56.4 Å². The SMILES string of the molecule is O=C(CSc1ncc(-c2ccccc2)n1CC1CCCO1)NN1C(=O)NC2(CCCCC2)C1=O. The molecule has 5 rings (SSSR count). The zero-order valence-corrected chi connectivity index (χ0v) is 19.8. The highest BCUT2D eigenvalue weighted by Crippen LogP contribution is 2.33. The molecule has 180 valence electrons. The van der Waals surface area contributed by atoms with Crippen molar-refractivity contribution in [2.75, 3.05) is 12.4 Å². The Bertz CT molecular complexity index is 1060. The number of nitrogens with zero attached hydrogens (tertiary/aromatic N) is 3. The molecule has 3 fully saturated rings. The smallest absolute Gasteiger partial charge is 0.344 e. The van der Waals surface area contributed by atoms with Crippen LogP contribution in [0.3, 0.4) is 0 Å². The second-order valence-electron chi connectivity index (χ2n) is 9.07. The molecule has 34 heavy (non-hydrogen) atoms. The highest BCUT2D eigenvalue weighted by Gasteiger charge is 2.52. The molecule has 1 spiro atoms. The maximum atomic E-state index is 12.9. The molecule has 4 amide bonds. The molecule has 1 aliphatic carbocycles. The molecule has 1 aromatic heterocycles. The summed E-state index contributed by atoms with van der Waals surface area (Å²) in [6.07, 6.45) is 8.02. The Hall–Kier alpha value is -2.85. The summed E-state index contributed by atoms with van der Waals surface area (Å²) in [4.78, 5) is 42.6. The molecule has 3 heterocycles. The van der Waals surface area contributed by atoms with E-state index < -0.39 is 17.5 Å². The lowest BCUT2D eigenvalue weighted by Crippen LogP contribution is -2.51. The van der Waals surface area contributed by atoms with E-state index in [2.05, 4.69) is 20.3 Å². The van der Waals surface area contributed by atoms with Crippen LogP contribution in [0.5, 0.6) is 0 Å². The van der Waals surface area contributed by atoms with Gasteiger partial charge >= 0.3 is 6.03 Å². The predicted molar refractivity (Wildman–Crippen MR) is 127 cm³/mol. The lowest BCUT2D eigenvalue weighted by atomic mass is 9.82. The number of benzene rings is 1. The van der Waals surface area contributed by atoms with Crippen molar-refractivity contribution in [1.82, 2.24) is 25.3 Å². The molecule has 10 heteroatoms. The van der Waals surface area contributed by atoms with Crippen molar-refractivity contribution in [3.05, 3.63) is 36.5 Å². The van der Waals surface area contributed by atoms with Crippen LogP contribution < -0.4 is 10.7 Å². The van der Waals surface area contributed by atoms with Crippen molar-refractivity contribution in [3.8, 4) is 11.3 Å². The van der Waals surface area contributed by atoms with E-state index in [4.69, 9.17) is 4.74 Å². The Kier molecular flexibility index (Phi) is 6.60. The van der Waals surface area contributed by atoms with Gasteiger partial charge in [-0.3, -0.25) is 15.0 Å². The van der Waals surface area contributed by atoms with Gasteiger partial charge in [0.1, 0.15) is 5.54 Å². The molecule has 2 aromatic rings. The Morgan fingerprint density at radius 3 is 2.71 bits per heavy atom. The minimum atomic E-state index is -0.863. The molecule has 1 saturated carbocycles. The van der Waals surface area contributed by atoms with Crippen molar-refractivity contribution in [3.63, 3.8) is 0 Å². The normalized spacial score (nSPS) is 21.8. The zero-order chi connectivity index (χ0) is 23.5. The molecule has 1 unspecified atom stereocenters. The van der Waals surface area contributed by atoms with Gasteiger partial charge in [-0.2, -0.15) is 5.01 Å². The molecule has 2 N–H and O–H groups in total. The van der Waals surface area contributed by atoms with E-state index in [-0.39, 0.29) is 17.8 Å². The molecule has 2 aliphatic heterocycles. The number of aromatic nitrogens is 2. The van der Waals surface area contributed by atoms with Crippen molar-refractivity contribution in [2.24, 2.45) is 0 Å². The molecule has 9 nitrogen and oxygen atoms in total. The Morgan fingerprint density at radius 1 is 1.18 bits per heavy atom. The van der Waals surface area contributed by atoms with Crippen LogP contribution in [0.4, 0.5) is 4.79 Å². The standard InChI is InChI=1S/C24H29N5O4S/c30-20(27-29-21(31)24(26-22(29)32)11-5-2-6-12-24)16-34-23-25-14-19(17-8-3-1-4-9-17)28(23)15-18-10-7-13-33-18/h1,3-4,8-9,14,18H,2,5-7,10-13,15-16H2,(H,26,32)(H,27,30). The second kappa shape index (κ2) is 9.79. The fourth-order valence-corrected chi connectivity index (χ4v) is 5.77. The summed E-state index contributed by atoms with van der Waals surface area (Å²) in [5.41, 5.74) is 3.65. The Labute approximate surface area is 202 Å². The molecule has 2 saturated heterocycles. The Morgan fingerprint density at radius 2 is 1.97 bits per heavy atom.